The third kappa shape index (κ3) is 5.24. The van der Waals surface area contributed by atoms with E-state index >= 15 is 0 Å². The van der Waals surface area contributed by atoms with Crippen LogP contribution in [-0.4, -0.2) is 20.9 Å². The van der Waals surface area contributed by atoms with E-state index in [1.165, 1.54) is 30.3 Å². The minimum absolute atomic E-state index is 0.181. The van der Waals surface area contributed by atoms with Crippen molar-refractivity contribution in [2.75, 3.05) is 11.3 Å². The van der Waals surface area contributed by atoms with E-state index in [1.807, 2.05) is 13.8 Å². The zero-order chi connectivity index (χ0) is 21.7. The number of hydrogen-bond donors (Lipinski definition) is 2. The summed E-state index contributed by atoms with van der Waals surface area (Å²) in [5.74, 6) is -0.609. The fourth-order valence-corrected chi connectivity index (χ4v) is 4.04. The fraction of sp³-hybridized carbons (Fsp3) is 0.174. The number of carbonyl (C=O) groups is 1. The summed E-state index contributed by atoms with van der Waals surface area (Å²) in [6.07, 6.45) is 0.381. The average Bonchev–Trinajstić information content (AvgIpc) is 2.71. The SMILES string of the molecule is Cc1ccc(S(=O)(=O)Nc2ccc(C(=O)NCCc3ccccc3F)cc2)cc1C. The van der Waals surface area contributed by atoms with E-state index in [9.17, 15) is 17.6 Å². The Morgan fingerprint density at radius 2 is 1.63 bits per heavy atom. The molecule has 0 heterocycles. The number of anilines is 1. The van der Waals surface area contributed by atoms with Gasteiger partial charge in [-0.2, -0.15) is 0 Å². The van der Waals surface area contributed by atoms with Crippen molar-refractivity contribution in [3.8, 4) is 0 Å². The third-order valence-electron chi connectivity index (χ3n) is 4.83. The number of hydrogen-bond acceptors (Lipinski definition) is 3. The summed E-state index contributed by atoms with van der Waals surface area (Å²) >= 11 is 0. The van der Waals surface area contributed by atoms with Crippen molar-refractivity contribution in [3.63, 3.8) is 0 Å². The average molecular weight is 427 g/mol. The first-order valence-corrected chi connectivity index (χ1v) is 11.0. The lowest BCUT2D eigenvalue weighted by molar-refractivity contribution is 0.0954. The zero-order valence-electron chi connectivity index (χ0n) is 16.8. The second-order valence-electron chi connectivity index (χ2n) is 7.03. The van der Waals surface area contributed by atoms with E-state index in [0.29, 0.717) is 29.8 Å². The number of nitrogens with one attached hydrogen (secondary N) is 2. The first-order chi connectivity index (χ1) is 14.3. The molecule has 0 unspecified atom stereocenters. The van der Waals surface area contributed by atoms with Gasteiger partial charge in [-0.05, 0) is 79.4 Å². The molecule has 7 heteroatoms. The predicted molar refractivity (Wildman–Crippen MR) is 116 cm³/mol. The van der Waals surface area contributed by atoms with Crippen molar-refractivity contribution in [1.82, 2.24) is 5.32 Å². The predicted octanol–water partition coefficient (Wildman–Crippen LogP) is 4.22. The van der Waals surface area contributed by atoms with Crippen molar-refractivity contribution in [2.45, 2.75) is 25.2 Å². The van der Waals surface area contributed by atoms with Crippen LogP contribution in [0, 0.1) is 19.7 Å². The molecule has 2 N–H and O–H groups in total. The zero-order valence-corrected chi connectivity index (χ0v) is 17.6. The first kappa shape index (κ1) is 21.5. The molecule has 0 fully saturated rings. The Hall–Kier alpha value is -3.19. The number of benzene rings is 3. The van der Waals surface area contributed by atoms with Gasteiger partial charge in [0.05, 0.1) is 4.90 Å². The highest BCUT2D eigenvalue weighted by molar-refractivity contribution is 7.92. The van der Waals surface area contributed by atoms with Gasteiger partial charge in [-0.15, -0.1) is 0 Å². The van der Waals surface area contributed by atoms with Crippen molar-refractivity contribution >= 4 is 21.6 Å². The summed E-state index contributed by atoms with van der Waals surface area (Å²) in [5, 5.41) is 2.74. The Morgan fingerprint density at radius 3 is 2.30 bits per heavy atom. The summed E-state index contributed by atoms with van der Waals surface area (Å²) in [5.41, 5.74) is 3.18. The van der Waals surface area contributed by atoms with Crippen molar-refractivity contribution in [2.24, 2.45) is 0 Å². The second-order valence-corrected chi connectivity index (χ2v) is 8.71. The highest BCUT2D eigenvalue weighted by atomic mass is 32.2. The van der Waals surface area contributed by atoms with E-state index in [0.717, 1.165) is 11.1 Å². The topological polar surface area (TPSA) is 75.3 Å². The van der Waals surface area contributed by atoms with Gasteiger partial charge in [0.1, 0.15) is 5.82 Å². The molecule has 5 nitrogen and oxygen atoms in total. The number of halogens is 1. The smallest absolute Gasteiger partial charge is 0.261 e. The van der Waals surface area contributed by atoms with Gasteiger partial charge in [0.25, 0.3) is 15.9 Å². The van der Waals surface area contributed by atoms with Crippen molar-refractivity contribution in [1.29, 1.82) is 0 Å². The maximum Gasteiger partial charge on any atom is 0.261 e. The molecule has 0 saturated heterocycles. The molecule has 0 aliphatic carbocycles. The summed E-state index contributed by atoms with van der Waals surface area (Å²) in [6, 6.07) is 17.5. The molecule has 3 rings (SSSR count). The lowest BCUT2D eigenvalue weighted by Crippen LogP contribution is -2.25. The normalized spacial score (nSPS) is 11.2. The summed E-state index contributed by atoms with van der Waals surface area (Å²) < 4.78 is 41.3. The molecule has 0 aliphatic heterocycles. The number of carbonyl (C=O) groups excluding carboxylic acids is 1. The molecule has 3 aromatic rings. The molecule has 1 amide bonds. The van der Waals surface area contributed by atoms with Gasteiger partial charge in [0.2, 0.25) is 0 Å². The van der Waals surface area contributed by atoms with Crippen LogP contribution in [0.25, 0.3) is 0 Å². The van der Waals surface area contributed by atoms with Gasteiger partial charge < -0.3 is 5.32 Å². The quantitative estimate of drug-likeness (QED) is 0.594. The van der Waals surface area contributed by atoms with Crippen LogP contribution in [0.5, 0.6) is 0 Å². The summed E-state index contributed by atoms with van der Waals surface area (Å²) in [7, 11) is -3.72. The third-order valence-corrected chi connectivity index (χ3v) is 6.20. The van der Waals surface area contributed by atoms with Crippen molar-refractivity contribution in [3.05, 3.63) is 94.8 Å². The van der Waals surface area contributed by atoms with Crippen LogP contribution in [0.4, 0.5) is 10.1 Å². The molecular formula is C23H23FN2O3S. The lowest BCUT2D eigenvalue weighted by Gasteiger charge is -2.11. The lowest BCUT2D eigenvalue weighted by atomic mass is 10.1. The van der Waals surface area contributed by atoms with E-state index in [2.05, 4.69) is 10.0 Å². The molecule has 0 radical (unpaired) electrons. The number of sulfonamides is 1. The molecule has 3 aromatic carbocycles. The van der Waals surface area contributed by atoms with Crippen LogP contribution < -0.4 is 10.0 Å². The Labute approximate surface area is 176 Å². The molecule has 0 bridgehead atoms. The molecule has 156 valence electrons. The number of rotatable bonds is 7. The van der Waals surface area contributed by atoms with Crippen molar-refractivity contribution < 1.29 is 17.6 Å². The molecule has 0 saturated carbocycles. The fourth-order valence-electron chi connectivity index (χ4n) is 2.90. The Morgan fingerprint density at radius 1 is 0.933 bits per heavy atom. The molecule has 0 spiro atoms. The Balaban J connectivity index is 1.60. The van der Waals surface area contributed by atoms with Gasteiger partial charge in [0.15, 0.2) is 0 Å². The van der Waals surface area contributed by atoms with Gasteiger partial charge in [-0.25, -0.2) is 12.8 Å². The van der Waals surface area contributed by atoms with Gasteiger partial charge >= 0.3 is 0 Å². The second kappa shape index (κ2) is 9.09. The molecule has 0 atom stereocenters. The first-order valence-electron chi connectivity index (χ1n) is 9.48. The molecule has 30 heavy (non-hydrogen) atoms. The summed E-state index contributed by atoms with van der Waals surface area (Å²) in [4.78, 5) is 12.4. The largest absolute Gasteiger partial charge is 0.352 e. The molecular weight excluding hydrogens is 403 g/mol. The van der Waals surface area contributed by atoms with E-state index in [4.69, 9.17) is 0 Å². The van der Waals surface area contributed by atoms with Crippen LogP contribution in [0.1, 0.15) is 27.0 Å². The summed E-state index contributed by atoms with van der Waals surface area (Å²) in [6.45, 7) is 4.06. The highest BCUT2D eigenvalue weighted by Gasteiger charge is 2.15. The number of aryl methyl sites for hydroxylation is 2. The maximum absolute atomic E-state index is 13.6. The van der Waals surface area contributed by atoms with Crippen LogP contribution >= 0.6 is 0 Å². The van der Waals surface area contributed by atoms with Crippen LogP contribution in [-0.2, 0) is 16.4 Å². The maximum atomic E-state index is 13.6. The van der Waals surface area contributed by atoms with Gasteiger partial charge in [0, 0.05) is 17.8 Å². The van der Waals surface area contributed by atoms with E-state index < -0.39 is 10.0 Å². The highest BCUT2D eigenvalue weighted by Crippen LogP contribution is 2.19. The van der Waals surface area contributed by atoms with E-state index in [-0.39, 0.29) is 16.6 Å². The van der Waals surface area contributed by atoms with Crippen LogP contribution in [0.2, 0.25) is 0 Å². The minimum atomic E-state index is -3.72. The molecule has 0 aliphatic rings. The number of amides is 1. The Kier molecular flexibility index (Phi) is 6.52. The van der Waals surface area contributed by atoms with Crippen LogP contribution in [0.15, 0.2) is 71.6 Å². The molecule has 0 aromatic heterocycles. The van der Waals surface area contributed by atoms with Crippen LogP contribution in [0.3, 0.4) is 0 Å². The van der Waals surface area contributed by atoms with Gasteiger partial charge in [-0.3, -0.25) is 9.52 Å². The minimum Gasteiger partial charge on any atom is -0.352 e. The van der Waals surface area contributed by atoms with E-state index in [1.54, 1.807) is 36.4 Å². The van der Waals surface area contributed by atoms with Gasteiger partial charge in [-0.1, -0.05) is 24.3 Å². The Bertz CT molecular complexity index is 1160. The standard InChI is InChI=1S/C23H23FN2O3S/c1-16-7-12-21(15-17(16)2)30(28,29)26-20-10-8-19(9-11-20)23(27)25-14-13-18-5-3-4-6-22(18)24/h3-12,15,26H,13-14H2,1-2H3,(H,25,27). The monoisotopic (exact) mass is 426 g/mol.